The van der Waals surface area contributed by atoms with Crippen molar-refractivity contribution in [3.63, 3.8) is 0 Å². The molecule has 2 nitrogen and oxygen atoms in total. The first-order valence-electron chi connectivity index (χ1n) is 4.14. The molecular formula is C7H15BrO2Zn. The summed E-state index contributed by atoms with van der Waals surface area (Å²) in [5, 5.41) is 1.29. The summed E-state index contributed by atoms with van der Waals surface area (Å²) in [5.74, 6) is 0. The van der Waals surface area contributed by atoms with Crippen molar-refractivity contribution in [2.24, 2.45) is 0 Å². The Morgan fingerprint density at radius 3 is 2.18 bits per heavy atom. The van der Waals surface area contributed by atoms with Gasteiger partial charge in [0.15, 0.2) is 0 Å². The molecule has 0 N–H and O–H groups in total. The van der Waals surface area contributed by atoms with Gasteiger partial charge in [-0.1, -0.05) is 0 Å². The first-order valence-corrected chi connectivity index (χ1v) is 13.2. The quantitative estimate of drug-likeness (QED) is 0.526. The summed E-state index contributed by atoms with van der Waals surface area (Å²) in [6.07, 6.45) is 1.11. The fourth-order valence-electron chi connectivity index (χ4n) is 0.830. The third-order valence-electron chi connectivity index (χ3n) is 1.28. The zero-order valence-corrected chi connectivity index (χ0v) is 11.9. The van der Waals surface area contributed by atoms with E-state index in [0.717, 1.165) is 19.6 Å². The van der Waals surface area contributed by atoms with Gasteiger partial charge in [0.25, 0.3) is 0 Å². The second-order valence-electron chi connectivity index (χ2n) is 2.17. The zero-order chi connectivity index (χ0) is 8.53. The minimum atomic E-state index is -0.370. The van der Waals surface area contributed by atoms with Gasteiger partial charge in [0.2, 0.25) is 0 Å². The Balaban J connectivity index is 3.34. The van der Waals surface area contributed by atoms with Gasteiger partial charge in [-0.3, -0.25) is 0 Å². The van der Waals surface area contributed by atoms with E-state index in [1.54, 1.807) is 0 Å². The average molecular weight is 276 g/mol. The first-order chi connectivity index (χ1) is 5.35. The van der Waals surface area contributed by atoms with E-state index in [2.05, 4.69) is 13.6 Å². The number of rotatable bonds is 7. The molecule has 0 aromatic heterocycles. The van der Waals surface area contributed by atoms with Crippen LogP contribution < -0.4 is 0 Å². The van der Waals surface area contributed by atoms with Gasteiger partial charge >= 0.3 is 83.1 Å². The molecule has 0 unspecified atom stereocenters. The Labute approximate surface area is 83.0 Å². The van der Waals surface area contributed by atoms with Gasteiger partial charge in [-0.25, -0.2) is 0 Å². The summed E-state index contributed by atoms with van der Waals surface area (Å²) in [6, 6.07) is 0. The average Bonchev–Trinajstić information content (AvgIpc) is 2.01. The van der Waals surface area contributed by atoms with Crippen LogP contribution in [0, 0.1) is 0 Å². The van der Waals surface area contributed by atoms with Crippen LogP contribution in [0.5, 0.6) is 0 Å². The van der Waals surface area contributed by atoms with E-state index in [1.165, 1.54) is 5.02 Å². The van der Waals surface area contributed by atoms with Crippen LogP contribution in [0.25, 0.3) is 0 Å². The molecule has 11 heavy (non-hydrogen) atoms. The fourth-order valence-corrected chi connectivity index (χ4v) is 3.54. The molecule has 0 fully saturated rings. The van der Waals surface area contributed by atoms with Crippen molar-refractivity contribution in [1.29, 1.82) is 0 Å². The van der Waals surface area contributed by atoms with Crippen molar-refractivity contribution in [2.75, 3.05) is 13.2 Å². The van der Waals surface area contributed by atoms with E-state index in [-0.39, 0.29) is 21.5 Å². The van der Waals surface area contributed by atoms with Crippen LogP contribution in [0.2, 0.25) is 5.02 Å². The van der Waals surface area contributed by atoms with Gasteiger partial charge in [-0.2, -0.15) is 0 Å². The molecule has 0 saturated heterocycles. The number of hydrogen-bond donors (Lipinski definition) is 0. The summed E-state index contributed by atoms with van der Waals surface area (Å²) in [4.78, 5) is 0. The Morgan fingerprint density at radius 1 is 1.27 bits per heavy atom. The SMILES string of the molecule is CCOC(C[CH2][Zn][Br])OCC. The van der Waals surface area contributed by atoms with Crippen LogP contribution in [0.1, 0.15) is 20.3 Å². The molecule has 0 aliphatic rings. The molecule has 0 spiro atoms. The van der Waals surface area contributed by atoms with Crippen LogP contribution in [0.15, 0.2) is 0 Å². The molecule has 4 heteroatoms. The van der Waals surface area contributed by atoms with E-state index >= 15 is 0 Å². The van der Waals surface area contributed by atoms with Crippen LogP contribution in [-0.2, 0) is 24.6 Å². The molecule has 0 atom stereocenters. The van der Waals surface area contributed by atoms with E-state index in [1.807, 2.05) is 13.8 Å². The van der Waals surface area contributed by atoms with Crippen molar-refractivity contribution in [3.8, 4) is 0 Å². The molecule has 0 rings (SSSR count). The second-order valence-corrected chi connectivity index (χ2v) is 8.57. The number of halogens is 1. The van der Waals surface area contributed by atoms with Crippen molar-refractivity contribution in [3.05, 3.63) is 0 Å². The summed E-state index contributed by atoms with van der Waals surface area (Å²) in [6.45, 7) is 5.50. The van der Waals surface area contributed by atoms with Gasteiger partial charge in [0.1, 0.15) is 0 Å². The predicted molar refractivity (Wildman–Crippen MR) is 45.4 cm³/mol. The van der Waals surface area contributed by atoms with Gasteiger partial charge in [0.05, 0.1) is 0 Å². The first kappa shape index (κ1) is 12.0. The Bertz CT molecular complexity index is 76.8. The molecule has 0 radical (unpaired) electrons. The molecule has 0 heterocycles. The van der Waals surface area contributed by atoms with Crippen LogP contribution in [0.3, 0.4) is 0 Å². The molecule has 0 bridgehead atoms. The van der Waals surface area contributed by atoms with Crippen molar-refractivity contribution < 1.29 is 24.6 Å². The molecule has 0 aliphatic carbocycles. The van der Waals surface area contributed by atoms with Crippen LogP contribution in [0.4, 0.5) is 0 Å². The maximum absolute atomic E-state index is 5.37. The Kier molecular flexibility index (Phi) is 9.96. The van der Waals surface area contributed by atoms with Crippen molar-refractivity contribution in [1.82, 2.24) is 0 Å². The molecule has 64 valence electrons. The molecule has 0 aliphatic heterocycles. The molecule has 0 amide bonds. The topological polar surface area (TPSA) is 18.5 Å². The number of hydrogen-bond acceptors (Lipinski definition) is 2. The fraction of sp³-hybridized carbons (Fsp3) is 1.00. The summed E-state index contributed by atoms with van der Waals surface area (Å²) in [5.41, 5.74) is 0. The molecular weight excluding hydrogens is 261 g/mol. The summed E-state index contributed by atoms with van der Waals surface area (Å²) < 4.78 is 10.7. The monoisotopic (exact) mass is 274 g/mol. The summed E-state index contributed by atoms with van der Waals surface area (Å²) in [7, 11) is 0. The van der Waals surface area contributed by atoms with Gasteiger partial charge in [-0.05, 0) is 0 Å². The molecule has 0 saturated carbocycles. The Morgan fingerprint density at radius 2 is 1.82 bits per heavy atom. The number of ether oxygens (including phenoxy) is 2. The van der Waals surface area contributed by atoms with Crippen molar-refractivity contribution >= 4 is 13.6 Å². The predicted octanol–water partition coefficient (Wildman–Crippen LogP) is 2.59. The van der Waals surface area contributed by atoms with Gasteiger partial charge in [0, 0.05) is 0 Å². The van der Waals surface area contributed by atoms with Crippen LogP contribution >= 0.6 is 13.6 Å². The molecule has 0 aromatic carbocycles. The molecule has 0 aromatic rings. The van der Waals surface area contributed by atoms with E-state index < -0.39 is 0 Å². The second kappa shape index (κ2) is 9.11. The van der Waals surface area contributed by atoms with Crippen molar-refractivity contribution in [2.45, 2.75) is 31.6 Å². The third kappa shape index (κ3) is 7.39. The standard InChI is InChI=1S/C7H15O2.BrH.Zn/c1-4-7(8-5-2)9-6-3;;/h7H,1,4-6H2,2-3H3;1H;/q;;+1/p-1. The van der Waals surface area contributed by atoms with E-state index in [4.69, 9.17) is 9.47 Å². The van der Waals surface area contributed by atoms with Crippen LogP contribution in [-0.4, -0.2) is 19.5 Å². The Hall–Kier alpha value is 1.02. The normalized spacial score (nSPS) is 10.2. The van der Waals surface area contributed by atoms with E-state index in [9.17, 15) is 0 Å². The van der Waals surface area contributed by atoms with E-state index in [0.29, 0.717) is 0 Å². The third-order valence-corrected chi connectivity index (χ3v) is 5.61. The summed E-state index contributed by atoms with van der Waals surface area (Å²) >= 11 is 3.19. The van der Waals surface area contributed by atoms with Gasteiger partial charge in [-0.15, -0.1) is 0 Å². The minimum absolute atomic E-state index is 0.0492. The van der Waals surface area contributed by atoms with Gasteiger partial charge < -0.3 is 0 Å². The maximum atomic E-state index is 5.37. The zero-order valence-electron chi connectivity index (χ0n) is 7.31.